The van der Waals surface area contributed by atoms with Crippen molar-refractivity contribution in [1.82, 2.24) is 5.32 Å². The van der Waals surface area contributed by atoms with Gasteiger partial charge in [0.1, 0.15) is 0 Å². The van der Waals surface area contributed by atoms with E-state index in [0.29, 0.717) is 0 Å². The molecule has 0 atom stereocenters. The molecule has 0 radical (unpaired) electrons. The van der Waals surface area contributed by atoms with E-state index in [-0.39, 0.29) is 0 Å². The Kier molecular flexibility index (Phi) is 3.20. The molecule has 2 nitrogen and oxygen atoms in total. The lowest BCUT2D eigenvalue weighted by molar-refractivity contribution is 0.701. The Labute approximate surface area is 108 Å². The van der Waals surface area contributed by atoms with Gasteiger partial charge in [0.25, 0.3) is 0 Å². The number of aryl methyl sites for hydroxylation is 1. The summed E-state index contributed by atoms with van der Waals surface area (Å²) in [4.78, 5) is 0. The smallest absolute Gasteiger partial charge is 0.0347 e. The van der Waals surface area contributed by atoms with Gasteiger partial charge in [0.05, 0.1) is 0 Å². The van der Waals surface area contributed by atoms with Crippen LogP contribution in [-0.2, 0) is 0 Å². The molecule has 0 aromatic heterocycles. The van der Waals surface area contributed by atoms with Gasteiger partial charge in [-0.2, -0.15) is 0 Å². The summed E-state index contributed by atoms with van der Waals surface area (Å²) in [5.74, 6) is 0. The Morgan fingerprint density at radius 1 is 1.00 bits per heavy atom. The van der Waals surface area contributed by atoms with Gasteiger partial charge in [0.2, 0.25) is 0 Å². The molecule has 3 rings (SSSR count). The van der Waals surface area contributed by atoms with Gasteiger partial charge >= 0.3 is 0 Å². The van der Waals surface area contributed by atoms with Gasteiger partial charge in [-0.05, 0) is 42.7 Å². The summed E-state index contributed by atoms with van der Waals surface area (Å²) < 4.78 is 0. The molecule has 0 aliphatic heterocycles. The minimum Gasteiger partial charge on any atom is -0.384 e. The molecule has 0 saturated heterocycles. The molecule has 2 aromatic carbocycles. The lowest BCUT2D eigenvalue weighted by atomic mass is 10.1. The highest BCUT2D eigenvalue weighted by Gasteiger charge is 2.19. The first-order valence-electron chi connectivity index (χ1n) is 6.79. The summed E-state index contributed by atoms with van der Waals surface area (Å²) in [6.45, 7) is 4.18. The van der Waals surface area contributed by atoms with Crippen molar-refractivity contribution in [2.24, 2.45) is 0 Å². The summed E-state index contributed by atoms with van der Waals surface area (Å²) >= 11 is 0. The Bertz CT molecular complexity index is 544. The van der Waals surface area contributed by atoms with Gasteiger partial charge in [-0.15, -0.1) is 0 Å². The number of fused-ring (bicyclic) bond motifs is 1. The van der Waals surface area contributed by atoms with Crippen molar-refractivity contribution >= 4 is 16.5 Å². The Hall–Kier alpha value is -1.54. The first kappa shape index (κ1) is 11.5. The van der Waals surface area contributed by atoms with Crippen molar-refractivity contribution in [1.29, 1.82) is 0 Å². The van der Waals surface area contributed by atoms with E-state index in [1.54, 1.807) is 0 Å². The fourth-order valence-corrected chi connectivity index (χ4v) is 2.25. The van der Waals surface area contributed by atoms with Gasteiger partial charge in [-0.1, -0.05) is 29.8 Å². The second-order valence-electron chi connectivity index (χ2n) is 5.22. The van der Waals surface area contributed by atoms with Crippen LogP contribution in [-0.4, -0.2) is 19.1 Å². The number of anilines is 1. The van der Waals surface area contributed by atoms with Crippen LogP contribution < -0.4 is 10.6 Å². The van der Waals surface area contributed by atoms with Crippen LogP contribution in [0.25, 0.3) is 10.8 Å². The summed E-state index contributed by atoms with van der Waals surface area (Å²) in [5.41, 5.74) is 2.53. The molecule has 2 N–H and O–H groups in total. The van der Waals surface area contributed by atoms with Gasteiger partial charge in [-0.3, -0.25) is 0 Å². The quantitative estimate of drug-likeness (QED) is 0.783. The van der Waals surface area contributed by atoms with Crippen LogP contribution in [0.1, 0.15) is 18.4 Å². The Morgan fingerprint density at radius 2 is 1.78 bits per heavy atom. The summed E-state index contributed by atoms with van der Waals surface area (Å²) in [6.07, 6.45) is 2.71. The third-order valence-electron chi connectivity index (χ3n) is 3.46. The third-order valence-corrected chi connectivity index (χ3v) is 3.46. The first-order chi connectivity index (χ1) is 8.81. The summed E-state index contributed by atoms with van der Waals surface area (Å²) in [6, 6.07) is 14.0. The molecule has 1 fully saturated rings. The maximum Gasteiger partial charge on any atom is 0.0347 e. The summed E-state index contributed by atoms with van der Waals surface area (Å²) in [7, 11) is 0. The van der Waals surface area contributed by atoms with Gasteiger partial charge < -0.3 is 10.6 Å². The van der Waals surface area contributed by atoms with Crippen molar-refractivity contribution in [2.75, 3.05) is 18.4 Å². The van der Waals surface area contributed by atoms with E-state index in [1.165, 1.54) is 34.9 Å². The van der Waals surface area contributed by atoms with E-state index in [9.17, 15) is 0 Å². The van der Waals surface area contributed by atoms with Crippen LogP contribution in [0.4, 0.5) is 5.69 Å². The van der Waals surface area contributed by atoms with E-state index >= 15 is 0 Å². The predicted molar refractivity (Wildman–Crippen MR) is 78.2 cm³/mol. The van der Waals surface area contributed by atoms with Crippen molar-refractivity contribution in [3.63, 3.8) is 0 Å². The van der Waals surface area contributed by atoms with Crippen LogP contribution in [0.15, 0.2) is 36.4 Å². The molecule has 0 unspecified atom stereocenters. The van der Waals surface area contributed by atoms with E-state index in [1.807, 2.05) is 0 Å². The van der Waals surface area contributed by atoms with Crippen LogP contribution in [0, 0.1) is 6.92 Å². The minimum absolute atomic E-state index is 0.798. The number of hydrogen-bond acceptors (Lipinski definition) is 2. The lowest BCUT2D eigenvalue weighted by Gasteiger charge is -2.08. The highest BCUT2D eigenvalue weighted by molar-refractivity contribution is 5.86. The average Bonchev–Trinajstić information content (AvgIpc) is 3.19. The second kappa shape index (κ2) is 4.99. The van der Waals surface area contributed by atoms with E-state index in [4.69, 9.17) is 0 Å². The normalized spacial score (nSPS) is 14.9. The number of benzene rings is 2. The first-order valence-corrected chi connectivity index (χ1v) is 6.79. The molecular formula is C16H20N2. The van der Waals surface area contributed by atoms with Crippen molar-refractivity contribution in [2.45, 2.75) is 25.8 Å². The monoisotopic (exact) mass is 240 g/mol. The van der Waals surface area contributed by atoms with Crippen LogP contribution in [0.5, 0.6) is 0 Å². The summed E-state index contributed by atoms with van der Waals surface area (Å²) in [5, 5.41) is 9.60. The molecule has 1 saturated carbocycles. The SMILES string of the molecule is Cc1ccc2cc(NCCNC3CC3)ccc2c1. The molecule has 0 bridgehead atoms. The third kappa shape index (κ3) is 2.82. The standard InChI is InChI=1S/C16H20N2/c1-12-2-3-14-11-16(5-4-13(14)10-12)18-9-8-17-15-6-7-15/h2-5,10-11,15,17-18H,6-9H2,1H3. The number of nitrogens with one attached hydrogen (secondary N) is 2. The Morgan fingerprint density at radius 3 is 2.61 bits per heavy atom. The predicted octanol–water partition coefficient (Wildman–Crippen LogP) is 3.31. The highest BCUT2D eigenvalue weighted by atomic mass is 15.0. The fourth-order valence-electron chi connectivity index (χ4n) is 2.25. The Balaban J connectivity index is 1.62. The topological polar surface area (TPSA) is 24.1 Å². The molecule has 18 heavy (non-hydrogen) atoms. The molecule has 2 aromatic rings. The zero-order chi connectivity index (χ0) is 12.4. The molecule has 0 spiro atoms. The van der Waals surface area contributed by atoms with Crippen LogP contribution >= 0.6 is 0 Å². The lowest BCUT2D eigenvalue weighted by Crippen LogP contribution is -2.23. The highest BCUT2D eigenvalue weighted by Crippen LogP contribution is 2.20. The van der Waals surface area contributed by atoms with Crippen LogP contribution in [0.3, 0.4) is 0 Å². The minimum atomic E-state index is 0.798. The zero-order valence-electron chi connectivity index (χ0n) is 10.9. The maximum atomic E-state index is 3.51. The second-order valence-corrected chi connectivity index (χ2v) is 5.22. The number of rotatable bonds is 5. The largest absolute Gasteiger partial charge is 0.384 e. The van der Waals surface area contributed by atoms with Crippen molar-refractivity contribution in [3.05, 3.63) is 42.0 Å². The van der Waals surface area contributed by atoms with E-state index < -0.39 is 0 Å². The molecular weight excluding hydrogens is 220 g/mol. The number of hydrogen-bond donors (Lipinski definition) is 2. The van der Waals surface area contributed by atoms with Gasteiger partial charge in [-0.25, -0.2) is 0 Å². The maximum absolute atomic E-state index is 3.51. The fraction of sp³-hybridized carbons (Fsp3) is 0.375. The molecule has 0 heterocycles. The van der Waals surface area contributed by atoms with Crippen molar-refractivity contribution < 1.29 is 0 Å². The molecule has 2 heteroatoms. The van der Waals surface area contributed by atoms with E-state index in [0.717, 1.165) is 19.1 Å². The molecule has 94 valence electrons. The molecule has 1 aliphatic rings. The van der Waals surface area contributed by atoms with Crippen molar-refractivity contribution in [3.8, 4) is 0 Å². The average molecular weight is 240 g/mol. The van der Waals surface area contributed by atoms with E-state index in [2.05, 4.69) is 54.0 Å². The molecule has 1 aliphatic carbocycles. The zero-order valence-corrected chi connectivity index (χ0v) is 10.9. The van der Waals surface area contributed by atoms with Gasteiger partial charge in [0.15, 0.2) is 0 Å². The molecule has 0 amide bonds. The van der Waals surface area contributed by atoms with Crippen LogP contribution in [0.2, 0.25) is 0 Å². The van der Waals surface area contributed by atoms with Gasteiger partial charge in [0, 0.05) is 24.8 Å².